The molecular weight excluding hydrogens is 406 g/mol. The third kappa shape index (κ3) is 3.88. The molecule has 3 aromatic carbocycles. The normalized spacial score (nSPS) is 23.0. The first kappa shape index (κ1) is 20.0. The maximum absolute atomic E-state index is 12.9. The van der Waals surface area contributed by atoms with E-state index in [1.54, 1.807) is 10.4 Å². The first-order valence-electron chi connectivity index (χ1n) is 10.4. The highest BCUT2D eigenvalue weighted by Crippen LogP contribution is 2.38. The minimum absolute atomic E-state index is 0.0500. The molecule has 0 aromatic heterocycles. The van der Waals surface area contributed by atoms with Gasteiger partial charge < -0.3 is 5.32 Å². The van der Waals surface area contributed by atoms with Crippen LogP contribution in [0.1, 0.15) is 22.6 Å². The molecule has 0 aliphatic carbocycles. The number of sulfonamides is 1. The van der Waals surface area contributed by atoms with Gasteiger partial charge in [-0.05, 0) is 34.4 Å². The lowest BCUT2D eigenvalue weighted by molar-refractivity contribution is 0.101. The van der Waals surface area contributed by atoms with E-state index in [-0.39, 0.29) is 17.8 Å². The Morgan fingerprint density at radius 3 is 2.29 bits per heavy atom. The van der Waals surface area contributed by atoms with Crippen LogP contribution in [0.4, 0.5) is 0 Å². The van der Waals surface area contributed by atoms with Crippen molar-refractivity contribution < 1.29 is 8.42 Å². The quantitative estimate of drug-likeness (QED) is 0.674. The molecule has 1 unspecified atom stereocenters. The molecule has 3 aromatic rings. The maximum atomic E-state index is 12.9. The van der Waals surface area contributed by atoms with Gasteiger partial charge in [-0.3, -0.25) is 0 Å². The van der Waals surface area contributed by atoms with Gasteiger partial charge in [-0.15, -0.1) is 0 Å². The molecule has 3 atom stereocenters. The van der Waals surface area contributed by atoms with E-state index < -0.39 is 10.0 Å². The fourth-order valence-electron chi connectivity index (χ4n) is 4.72. The summed E-state index contributed by atoms with van der Waals surface area (Å²) >= 11 is 0. The Hall–Kier alpha value is -2.98. The van der Waals surface area contributed by atoms with E-state index in [0.29, 0.717) is 24.6 Å². The fourth-order valence-corrected chi connectivity index (χ4v) is 6.30. The first-order valence-corrected chi connectivity index (χ1v) is 12.0. The van der Waals surface area contributed by atoms with Crippen LogP contribution in [-0.2, 0) is 15.8 Å². The summed E-state index contributed by atoms with van der Waals surface area (Å²) in [6.07, 6.45) is 0. The maximum Gasteiger partial charge on any atom is 0.218 e. The van der Waals surface area contributed by atoms with Crippen LogP contribution in [0.3, 0.4) is 0 Å². The second-order valence-corrected chi connectivity index (χ2v) is 10.2. The van der Waals surface area contributed by atoms with E-state index in [2.05, 4.69) is 35.7 Å². The predicted molar refractivity (Wildman–Crippen MR) is 121 cm³/mol. The van der Waals surface area contributed by atoms with Gasteiger partial charge in [0.1, 0.15) is 0 Å². The van der Waals surface area contributed by atoms with Gasteiger partial charge in [-0.25, -0.2) is 8.42 Å². The Balaban J connectivity index is 1.28. The van der Waals surface area contributed by atoms with Gasteiger partial charge >= 0.3 is 0 Å². The van der Waals surface area contributed by atoms with Gasteiger partial charge in [0.05, 0.1) is 17.4 Å². The molecule has 0 amide bonds. The minimum Gasteiger partial charge on any atom is -0.307 e. The van der Waals surface area contributed by atoms with Crippen LogP contribution in [0.2, 0.25) is 0 Å². The zero-order valence-electron chi connectivity index (χ0n) is 17.0. The number of hydrogen-bond donors (Lipinski definition) is 1. The van der Waals surface area contributed by atoms with Gasteiger partial charge in [-0.2, -0.15) is 9.57 Å². The van der Waals surface area contributed by atoms with Gasteiger partial charge in [0.2, 0.25) is 10.0 Å². The largest absolute Gasteiger partial charge is 0.307 e. The summed E-state index contributed by atoms with van der Waals surface area (Å²) in [5.41, 5.74) is 4.80. The fraction of sp³-hybridized carbons (Fsp3) is 0.240. The van der Waals surface area contributed by atoms with Crippen LogP contribution in [0, 0.1) is 11.3 Å². The molecule has 3 heterocycles. The summed E-state index contributed by atoms with van der Waals surface area (Å²) in [5.74, 6) is 0.372. The van der Waals surface area contributed by atoms with E-state index in [1.165, 1.54) is 5.56 Å². The van der Waals surface area contributed by atoms with Crippen molar-refractivity contribution >= 4 is 10.0 Å². The molecule has 2 bridgehead atoms. The average molecular weight is 430 g/mol. The molecule has 1 N–H and O–H groups in total. The third-order valence-corrected chi connectivity index (χ3v) is 8.08. The van der Waals surface area contributed by atoms with Gasteiger partial charge in [-0.1, -0.05) is 66.7 Å². The Bertz CT molecular complexity index is 1220. The summed E-state index contributed by atoms with van der Waals surface area (Å²) in [5, 5.41) is 12.6. The second-order valence-electron chi connectivity index (χ2n) is 8.28. The summed E-state index contributed by atoms with van der Waals surface area (Å²) in [6, 6.07) is 27.8. The van der Waals surface area contributed by atoms with Crippen LogP contribution in [0.25, 0.3) is 11.1 Å². The molecule has 3 aliphatic heterocycles. The highest BCUT2D eigenvalue weighted by molar-refractivity contribution is 7.88. The van der Waals surface area contributed by atoms with Gasteiger partial charge in [0.15, 0.2) is 0 Å². The number of piperazine rings is 1. The standard InChI is InChI=1S/C25H23N3O2S/c26-14-19-7-4-8-22(13-19)20-9-11-21(12-10-20)25-23-15-28(16-24(25)27-23)31(29,30)17-18-5-2-1-3-6-18/h1-13,23-25,27H,15-17H2/t23-,24+,25?. The molecule has 3 fully saturated rings. The monoisotopic (exact) mass is 429 g/mol. The zero-order valence-corrected chi connectivity index (χ0v) is 17.8. The van der Waals surface area contributed by atoms with E-state index in [4.69, 9.17) is 5.26 Å². The molecule has 0 radical (unpaired) electrons. The Labute approximate surface area is 183 Å². The van der Waals surface area contributed by atoms with Crippen molar-refractivity contribution in [2.24, 2.45) is 0 Å². The summed E-state index contributed by atoms with van der Waals surface area (Å²) in [6.45, 7) is 1.00. The second kappa shape index (κ2) is 7.93. The van der Waals surface area contributed by atoms with Gasteiger partial charge in [0.25, 0.3) is 0 Å². The zero-order chi connectivity index (χ0) is 21.4. The highest BCUT2D eigenvalue weighted by Gasteiger charge is 2.49. The summed E-state index contributed by atoms with van der Waals surface area (Å²) in [7, 11) is -3.33. The van der Waals surface area contributed by atoms with Crippen LogP contribution in [-0.4, -0.2) is 37.9 Å². The molecule has 5 nitrogen and oxygen atoms in total. The first-order chi connectivity index (χ1) is 15.0. The molecule has 3 saturated heterocycles. The van der Waals surface area contributed by atoms with Crippen LogP contribution in [0.5, 0.6) is 0 Å². The molecular formula is C25H23N3O2S. The molecule has 31 heavy (non-hydrogen) atoms. The van der Waals surface area contributed by atoms with Crippen LogP contribution in [0.15, 0.2) is 78.9 Å². The average Bonchev–Trinajstić information content (AvgIpc) is 2.80. The number of fused-ring (bicyclic) bond motifs is 2. The highest BCUT2D eigenvalue weighted by atomic mass is 32.2. The molecule has 3 aliphatic rings. The molecule has 0 saturated carbocycles. The van der Waals surface area contributed by atoms with Crippen molar-refractivity contribution in [1.82, 2.24) is 9.62 Å². The number of piperidine rings is 1. The van der Waals surface area contributed by atoms with Crippen molar-refractivity contribution in [3.63, 3.8) is 0 Å². The number of hydrogen-bond acceptors (Lipinski definition) is 4. The Morgan fingerprint density at radius 1 is 0.903 bits per heavy atom. The smallest absolute Gasteiger partial charge is 0.218 e. The van der Waals surface area contributed by atoms with E-state index in [0.717, 1.165) is 16.7 Å². The Morgan fingerprint density at radius 2 is 1.61 bits per heavy atom. The number of nitriles is 1. The molecule has 0 spiro atoms. The number of benzene rings is 3. The number of nitrogens with zero attached hydrogens (tertiary/aromatic N) is 2. The van der Waals surface area contributed by atoms with E-state index >= 15 is 0 Å². The molecule has 156 valence electrons. The number of rotatable bonds is 5. The van der Waals surface area contributed by atoms with Gasteiger partial charge in [0, 0.05) is 31.1 Å². The van der Waals surface area contributed by atoms with Crippen molar-refractivity contribution in [3.05, 3.63) is 95.6 Å². The van der Waals surface area contributed by atoms with Crippen molar-refractivity contribution in [1.29, 1.82) is 5.26 Å². The topological polar surface area (TPSA) is 73.2 Å². The predicted octanol–water partition coefficient (Wildman–Crippen LogP) is 3.49. The summed E-state index contributed by atoms with van der Waals surface area (Å²) in [4.78, 5) is 0. The van der Waals surface area contributed by atoms with Crippen molar-refractivity contribution in [2.75, 3.05) is 13.1 Å². The number of nitrogens with one attached hydrogen (secondary N) is 1. The summed E-state index contributed by atoms with van der Waals surface area (Å²) < 4.78 is 27.4. The third-order valence-electron chi connectivity index (χ3n) is 6.30. The Kier molecular flexibility index (Phi) is 5.11. The molecule has 6 rings (SSSR count). The van der Waals surface area contributed by atoms with Crippen molar-refractivity contribution in [3.8, 4) is 17.2 Å². The lowest BCUT2D eigenvalue weighted by Gasteiger charge is -2.54. The molecule has 6 heteroatoms. The van der Waals surface area contributed by atoms with Crippen molar-refractivity contribution in [2.45, 2.75) is 23.8 Å². The van der Waals surface area contributed by atoms with E-state index in [9.17, 15) is 8.42 Å². The van der Waals surface area contributed by atoms with E-state index in [1.807, 2.05) is 48.5 Å². The lowest BCUT2D eigenvalue weighted by Crippen LogP contribution is -2.72. The SMILES string of the molecule is N#Cc1cccc(-c2ccc(C3[C@@H]4CN(S(=O)(=O)Cc5ccccc5)C[C@H]3N4)cc2)c1. The van der Waals surface area contributed by atoms with Crippen LogP contribution < -0.4 is 5.32 Å². The van der Waals surface area contributed by atoms with Crippen LogP contribution >= 0.6 is 0 Å². The lowest BCUT2D eigenvalue weighted by atomic mass is 9.75. The minimum atomic E-state index is -3.33.